The molecule has 1 aromatic carbocycles. The number of carbonyl (C=O) groups excluding carboxylic acids is 1. The number of benzene rings is 1. The van der Waals surface area contributed by atoms with Crippen molar-refractivity contribution in [1.82, 2.24) is 14.8 Å². The number of esters is 1. The molecule has 0 unspecified atom stereocenters. The van der Waals surface area contributed by atoms with E-state index in [0.29, 0.717) is 6.07 Å². The van der Waals surface area contributed by atoms with Gasteiger partial charge in [-0.05, 0) is 0 Å². The number of nitro groups is 1. The molecule has 0 bridgehead atoms. The van der Waals surface area contributed by atoms with E-state index in [4.69, 9.17) is 4.74 Å². The number of carbonyl (C=O) groups is 1. The lowest BCUT2D eigenvalue weighted by Gasteiger charge is -2.06. The summed E-state index contributed by atoms with van der Waals surface area (Å²) < 4.78 is 23.7. The predicted molar refractivity (Wildman–Crippen MR) is 65.9 cm³/mol. The quantitative estimate of drug-likeness (QED) is 0.472. The maximum atomic E-state index is 13.5. The summed E-state index contributed by atoms with van der Waals surface area (Å²) in [4.78, 5) is 25.1. The van der Waals surface area contributed by atoms with Gasteiger partial charge in [0.05, 0.1) is 25.2 Å². The van der Waals surface area contributed by atoms with Crippen LogP contribution in [0.15, 0.2) is 18.5 Å². The molecule has 2 aromatic rings. The fourth-order valence-corrected chi connectivity index (χ4v) is 1.58. The van der Waals surface area contributed by atoms with Crippen LogP contribution < -0.4 is 4.74 Å². The van der Waals surface area contributed by atoms with Gasteiger partial charge in [0.1, 0.15) is 12.0 Å². The molecule has 0 aliphatic rings. The lowest BCUT2D eigenvalue weighted by Crippen LogP contribution is -2.07. The molecule has 0 atom stereocenters. The van der Waals surface area contributed by atoms with Gasteiger partial charge in [-0.2, -0.15) is 0 Å². The molecule has 10 heteroatoms. The van der Waals surface area contributed by atoms with E-state index in [1.54, 1.807) is 0 Å². The fourth-order valence-electron chi connectivity index (χ4n) is 1.58. The smallest absolute Gasteiger partial charge is 0.377 e. The number of aromatic nitrogens is 3. The van der Waals surface area contributed by atoms with Crippen LogP contribution in [0.1, 0.15) is 10.6 Å². The van der Waals surface area contributed by atoms with Crippen LogP contribution in [-0.4, -0.2) is 39.9 Å². The Morgan fingerprint density at radius 3 is 2.71 bits per heavy atom. The second-order valence-corrected chi connectivity index (χ2v) is 3.74. The number of nitrogens with zero attached hydrogens (tertiary/aromatic N) is 4. The second-order valence-electron chi connectivity index (χ2n) is 3.74. The minimum Gasteiger partial charge on any atom is -0.494 e. The molecule has 21 heavy (non-hydrogen) atoms. The Balaban J connectivity index is 2.58. The normalized spacial score (nSPS) is 10.2. The van der Waals surface area contributed by atoms with E-state index >= 15 is 0 Å². The average Bonchev–Trinajstić information content (AvgIpc) is 2.95. The molecule has 0 fully saturated rings. The van der Waals surface area contributed by atoms with E-state index in [1.165, 1.54) is 7.11 Å². The first-order valence-corrected chi connectivity index (χ1v) is 5.50. The van der Waals surface area contributed by atoms with E-state index in [-0.39, 0.29) is 17.3 Å². The van der Waals surface area contributed by atoms with Crippen molar-refractivity contribution in [2.75, 3.05) is 14.2 Å². The molecule has 0 radical (unpaired) electrons. The van der Waals surface area contributed by atoms with E-state index in [0.717, 1.165) is 24.2 Å². The zero-order chi connectivity index (χ0) is 15.6. The summed E-state index contributed by atoms with van der Waals surface area (Å²) in [5.41, 5.74) is -0.643. The topological polar surface area (TPSA) is 109 Å². The zero-order valence-electron chi connectivity index (χ0n) is 10.9. The predicted octanol–water partition coefficient (Wildman–Crippen LogP) is 1.11. The SMILES string of the molecule is COC(=O)c1ncn(-c2cc(OC)c(F)cc2[N+](=O)[O-])n1. The van der Waals surface area contributed by atoms with Crippen molar-refractivity contribution >= 4 is 11.7 Å². The summed E-state index contributed by atoms with van der Waals surface area (Å²) in [6.45, 7) is 0. The molecule has 0 N–H and O–H groups in total. The number of nitro benzene ring substituents is 1. The summed E-state index contributed by atoms with van der Waals surface area (Å²) >= 11 is 0. The van der Waals surface area contributed by atoms with Crippen LogP contribution in [-0.2, 0) is 4.74 Å². The summed E-state index contributed by atoms with van der Waals surface area (Å²) in [5.74, 6) is -2.17. The zero-order valence-corrected chi connectivity index (χ0v) is 10.9. The van der Waals surface area contributed by atoms with Crippen molar-refractivity contribution in [2.24, 2.45) is 0 Å². The van der Waals surface area contributed by atoms with E-state index in [2.05, 4.69) is 14.8 Å². The molecule has 110 valence electrons. The minimum atomic E-state index is -0.888. The van der Waals surface area contributed by atoms with Crippen molar-refractivity contribution < 1.29 is 23.6 Å². The van der Waals surface area contributed by atoms with Crippen molar-refractivity contribution in [1.29, 1.82) is 0 Å². The molecule has 0 saturated heterocycles. The monoisotopic (exact) mass is 296 g/mol. The van der Waals surface area contributed by atoms with Crippen molar-refractivity contribution in [2.45, 2.75) is 0 Å². The van der Waals surface area contributed by atoms with Gasteiger partial charge in [0, 0.05) is 6.07 Å². The highest BCUT2D eigenvalue weighted by Gasteiger charge is 2.22. The molecule has 1 heterocycles. The Morgan fingerprint density at radius 1 is 1.43 bits per heavy atom. The Kier molecular flexibility index (Phi) is 3.78. The van der Waals surface area contributed by atoms with Gasteiger partial charge in [0.25, 0.3) is 11.5 Å². The van der Waals surface area contributed by atoms with Gasteiger partial charge in [-0.25, -0.2) is 18.9 Å². The molecular formula is C11H9FN4O5. The van der Waals surface area contributed by atoms with Crippen LogP contribution in [0, 0.1) is 15.9 Å². The standard InChI is InChI=1S/C11H9FN4O5/c1-20-9-4-7(8(16(18)19)3-6(9)12)15-5-13-10(14-15)11(17)21-2/h3-5H,1-2H3. The van der Waals surface area contributed by atoms with Gasteiger partial charge < -0.3 is 9.47 Å². The molecule has 0 saturated carbocycles. The van der Waals surface area contributed by atoms with Gasteiger partial charge in [-0.15, -0.1) is 5.10 Å². The maximum absolute atomic E-state index is 13.5. The average molecular weight is 296 g/mol. The minimum absolute atomic E-state index is 0.0964. The summed E-state index contributed by atoms with van der Waals surface area (Å²) in [5, 5.41) is 14.7. The molecular weight excluding hydrogens is 287 g/mol. The molecule has 1 aromatic heterocycles. The van der Waals surface area contributed by atoms with Crippen molar-refractivity contribution in [3.63, 3.8) is 0 Å². The van der Waals surface area contributed by atoms with E-state index < -0.39 is 22.4 Å². The van der Waals surface area contributed by atoms with Crippen LogP contribution >= 0.6 is 0 Å². The van der Waals surface area contributed by atoms with Crippen molar-refractivity contribution in [3.8, 4) is 11.4 Å². The largest absolute Gasteiger partial charge is 0.494 e. The molecule has 9 nitrogen and oxygen atoms in total. The fraction of sp³-hybridized carbons (Fsp3) is 0.182. The van der Waals surface area contributed by atoms with Gasteiger partial charge >= 0.3 is 5.97 Å². The lowest BCUT2D eigenvalue weighted by atomic mass is 10.2. The third-order valence-electron chi connectivity index (χ3n) is 2.55. The number of rotatable bonds is 4. The Morgan fingerprint density at radius 2 is 2.14 bits per heavy atom. The molecule has 0 aliphatic carbocycles. The number of methoxy groups -OCH3 is 2. The lowest BCUT2D eigenvalue weighted by molar-refractivity contribution is -0.384. The first-order chi connectivity index (χ1) is 9.97. The van der Waals surface area contributed by atoms with Crippen molar-refractivity contribution in [3.05, 3.63) is 40.2 Å². The molecule has 0 amide bonds. The second kappa shape index (κ2) is 5.53. The summed E-state index contributed by atoms with van der Waals surface area (Å²) in [7, 11) is 2.36. The van der Waals surface area contributed by atoms with Gasteiger partial charge in [0.15, 0.2) is 11.6 Å². The summed E-state index contributed by atoms with van der Waals surface area (Å²) in [6.07, 6.45) is 1.08. The van der Waals surface area contributed by atoms with Gasteiger partial charge in [-0.3, -0.25) is 10.1 Å². The number of hydrogen-bond acceptors (Lipinski definition) is 7. The Hall–Kier alpha value is -3.04. The highest BCUT2D eigenvalue weighted by Crippen LogP contribution is 2.29. The third-order valence-corrected chi connectivity index (χ3v) is 2.55. The van der Waals surface area contributed by atoms with Crippen LogP contribution in [0.5, 0.6) is 5.75 Å². The Labute approximate surface area is 117 Å². The van der Waals surface area contributed by atoms with Crippen LogP contribution in [0.2, 0.25) is 0 Å². The van der Waals surface area contributed by atoms with Crippen LogP contribution in [0.3, 0.4) is 0 Å². The molecule has 0 spiro atoms. The highest BCUT2D eigenvalue weighted by atomic mass is 19.1. The maximum Gasteiger partial charge on any atom is 0.377 e. The van der Waals surface area contributed by atoms with Crippen LogP contribution in [0.4, 0.5) is 10.1 Å². The first kappa shape index (κ1) is 14.4. The third kappa shape index (κ3) is 2.63. The van der Waals surface area contributed by atoms with E-state index in [1.807, 2.05) is 0 Å². The first-order valence-electron chi connectivity index (χ1n) is 5.50. The molecule has 0 aliphatic heterocycles. The van der Waals surface area contributed by atoms with Crippen LogP contribution in [0.25, 0.3) is 5.69 Å². The number of halogens is 1. The van der Waals surface area contributed by atoms with Gasteiger partial charge in [0.2, 0.25) is 0 Å². The van der Waals surface area contributed by atoms with Gasteiger partial charge in [-0.1, -0.05) is 0 Å². The highest BCUT2D eigenvalue weighted by molar-refractivity contribution is 5.84. The molecule has 2 rings (SSSR count). The summed E-state index contributed by atoms with van der Waals surface area (Å²) in [6, 6.07) is 1.79. The Bertz CT molecular complexity index is 715. The van der Waals surface area contributed by atoms with E-state index in [9.17, 15) is 19.3 Å². The number of ether oxygens (including phenoxy) is 2. The number of hydrogen-bond donors (Lipinski definition) is 0.